The third kappa shape index (κ3) is 4.87. The second kappa shape index (κ2) is 9.54. The highest BCUT2D eigenvalue weighted by molar-refractivity contribution is 6.00. The molecule has 0 aliphatic heterocycles. The summed E-state index contributed by atoms with van der Waals surface area (Å²) in [4.78, 5) is 29.2. The first-order valence-electron chi connectivity index (χ1n) is 9.94. The van der Waals surface area contributed by atoms with E-state index in [2.05, 4.69) is 15.6 Å². The van der Waals surface area contributed by atoms with Crippen LogP contribution in [0, 0.1) is 0 Å². The summed E-state index contributed by atoms with van der Waals surface area (Å²) in [5.41, 5.74) is 2.56. The maximum absolute atomic E-state index is 12.7. The van der Waals surface area contributed by atoms with Crippen molar-refractivity contribution in [3.05, 3.63) is 102 Å². The van der Waals surface area contributed by atoms with Gasteiger partial charge in [-0.1, -0.05) is 60.7 Å². The van der Waals surface area contributed by atoms with Crippen LogP contribution in [0.5, 0.6) is 0 Å². The summed E-state index contributed by atoms with van der Waals surface area (Å²) in [6.45, 7) is 0.616. The molecule has 0 atom stereocenters. The maximum atomic E-state index is 12.7. The Labute approximate surface area is 179 Å². The molecule has 0 fully saturated rings. The Balaban J connectivity index is 1.40. The molecule has 3 aromatic carbocycles. The average molecular weight is 411 g/mol. The summed E-state index contributed by atoms with van der Waals surface area (Å²) in [7, 11) is 0. The molecular weight excluding hydrogens is 390 g/mol. The van der Waals surface area contributed by atoms with Crippen molar-refractivity contribution in [3.8, 4) is 22.8 Å². The van der Waals surface area contributed by atoms with Gasteiger partial charge in [-0.3, -0.25) is 9.59 Å². The van der Waals surface area contributed by atoms with Crippen LogP contribution in [0.15, 0.2) is 95.5 Å². The van der Waals surface area contributed by atoms with Gasteiger partial charge >= 0.3 is 0 Å². The quantitative estimate of drug-likeness (QED) is 0.447. The zero-order valence-electron chi connectivity index (χ0n) is 16.7. The van der Waals surface area contributed by atoms with Crippen LogP contribution in [0.25, 0.3) is 22.8 Å². The molecule has 31 heavy (non-hydrogen) atoms. The Morgan fingerprint density at radius 3 is 2.10 bits per heavy atom. The molecule has 0 saturated heterocycles. The van der Waals surface area contributed by atoms with E-state index in [-0.39, 0.29) is 11.8 Å². The minimum atomic E-state index is -0.260. The number of rotatable bonds is 7. The number of hydrogen-bond donors (Lipinski definition) is 2. The van der Waals surface area contributed by atoms with Crippen LogP contribution < -0.4 is 10.6 Å². The van der Waals surface area contributed by atoms with Crippen molar-refractivity contribution < 1.29 is 14.0 Å². The maximum Gasteiger partial charge on any atom is 0.252 e. The second-order valence-corrected chi connectivity index (χ2v) is 6.82. The van der Waals surface area contributed by atoms with Crippen molar-refractivity contribution >= 4 is 11.8 Å². The number of benzene rings is 3. The first-order chi connectivity index (χ1) is 15.2. The highest BCUT2D eigenvalue weighted by atomic mass is 16.4. The zero-order chi connectivity index (χ0) is 21.5. The number of hydrogen-bond acceptors (Lipinski definition) is 4. The summed E-state index contributed by atoms with van der Waals surface area (Å²) in [5, 5.41) is 5.62. The lowest BCUT2D eigenvalue weighted by Gasteiger charge is -2.09. The molecule has 0 aliphatic carbocycles. The van der Waals surface area contributed by atoms with Crippen LogP contribution in [0.2, 0.25) is 0 Å². The van der Waals surface area contributed by atoms with Gasteiger partial charge in [0.15, 0.2) is 5.76 Å². The van der Waals surface area contributed by atoms with E-state index in [4.69, 9.17) is 4.42 Å². The molecule has 0 spiro atoms. The standard InChI is InChI=1S/C25H21N3O3/c29-23(19-11-5-2-6-12-19)26-15-16-27-24(30)20-13-7-8-14-21(20)25-28-17-22(31-25)18-9-3-1-4-10-18/h1-14,17H,15-16H2,(H,26,29)(H,27,30). The molecule has 6 nitrogen and oxygen atoms in total. The first kappa shape index (κ1) is 20.1. The fourth-order valence-corrected chi connectivity index (χ4v) is 3.14. The number of aromatic nitrogens is 1. The van der Waals surface area contributed by atoms with Crippen LogP contribution in [-0.2, 0) is 0 Å². The van der Waals surface area contributed by atoms with Crippen molar-refractivity contribution in [2.75, 3.05) is 13.1 Å². The zero-order valence-corrected chi connectivity index (χ0v) is 16.7. The number of nitrogens with one attached hydrogen (secondary N) is 2. The summed E-state index contributed by atoms with van der Waals surface area (Å²) >= 11 is 0. The molecule has 4 aromatic rings. The van der Waals surface area contributed by atoms with Gasteiger partial charge in [0.1, 0.15) is 0 Å². The summed E-state index contributed by atoms with van der Waals surface area (Å²) in [6, 6.07) is 25.7. The molecule has 2 amide bonds. The van der Waals surface area contributed by atoms with E-state index in [0.29, 0.717) is 41.4 Å². The predicted octanol–water partition coefficient (Wildman–Crippen LogP) is 4.17. The monoisotopic (exact) mass is 411 g/mol. The van der Waals surface area contributed by atoms with Crippen molar-refractivity contribution in [3.63, 3.8) is 0 Å². The Kier molecular flexibility index (Phi) is 6.18. The van der Waals surface area contributed by atoms with Crippen LogP contribution >= 0.6 is 0 Å². The van der Waals surface area contributed by atoms with Gasteiger partial charge in [-0.25, -0.2) is 4.98 Å². The van der Waals surface area contributed by atoms with Gasteiger partial charge in [0.2, 0.25) is 5.89 Å². The SMILES string of the molecule is O=C(NCCNC(=O)c1ccccc1-c1ncc(-c2ccccc2)o1)c1ccccc1. The first-order valence-corrected chi connectivity index (χ1v) is 9.94. The van der Waals surface area contributed by atoms with Crippen LogP contribution in [0.1, 0.15) is 20.7 Å². The van der Waals surface area contributed by atoms with Crippen LogP contribution in [0.3, 0.4) is 0 Å². The Morgan fingerprint density at radius 1 is 0.742 bits per heavy atom. The number of carbonyl (C=O) groups excluding carboxylic acids is 2. The second-order valence-electron chi connectivity index (χ2n) is 6.82. The highest BCUT2D eigenvalue weighted by Crippen LogP contribution is 2.28. The molecule has 2 N–H and O–H groups in total. The Bertz CT molecular complexity index is 1170. The molecule has 1 heterocycles. The molecule has 1 aromatic heterocycles. The molecule has 154 valence electrons. The topological polar surface area (TPSA) is 84.2 Å². The summed E-state index contributed by atoms with van der Waals surface area (Å²) in [5.74, 6) is 0.573. The van der Waals surface area contributed by atoms with Crippen molar-refractivity contribution in [1.29, 1.82) is 0 Å². The number of oxazole rings is 1. The van der Waals surface area contributed by atoms with Crippen molar-refractivity contribution in [2.24, 2.45) is 0 Å². The third-order valence-electron chi connectivity index (χ3n) is 4.70. The minimum Gasteiger partial charge on any atom is -0.436 e. The summed E-state index contributed by atoms with van der Waals surface area (Å²) < 4.78 is 5.90. The van der Waals surface area contributed by atoms with E-state index < -0.39 is 0 Å². The largest absolute Gasteiger partial charge is 0.436 e. The van der Waals surface area contributed by atoms with Gasteiger partial charge in [0.05, 0.1) is 11.8 Å². The van der Waals surface area contributed by atoms with Crippen LogP contribution in [0.4, 0.5) is 0 Å². The normalized spacial score (nSPS) is 10.5. The summed E-state index contributed by atoms with van der Waals surface area (Å²) in [6.07, 6.45) is 1.65. The molecule has 4 rings (SSSR count). The van der Waals surface area contributed by atoms with Gasteiger partial charge < -0.3 is 15.1 Å². The van der Waals surface area contributed by atoms with Gasteiger partial charge in [-0.05, 0) is 24.3 Å². The van der Waals surface area contributed by atoms with E-state index >= 15 is 0 Å². The van der Waals surface area contributed by atoms with E-state index in [9.17, 15) is 9.59 Å². The molecule has 0 aliphatic rings. The predicted molar refractivity (Wildman–Crippen MR) is 118 cm³/mol. The van der Waals surface area contributed by atoms with Crippen molar-refractivity contribution in [2.45, 2.75) is 0 Å². The minimum absolute atomic E-state index is 0.177. The number of carbonyl (C=O) groups is 2. The van der Waals surface area contributed by atoms with E-state index in [1.54, 1.807) is 48.7 Å². The fraction of sp³-hybridized carbons (Fsp3) is 0.0800. The lowest BCUT2D eigenvalue weighted by Crippen LogP contribution is -2.34. The number of amides is 2. The highest BCUT2D eigenvalue weighted by Gasteiger charge is 2.16. The smallest absolute Gasteiger partial charge is 0.252 e. The van der Waals surface area contributed by atoms with Gasteiger partial charge in [0, 0.05) is 29.8 Å². The molecule has 0 radical (unpaired) electrons. The van der Waals surface area contributed by atoms with Gasteiger partial charge in [-0.2, -0.15) is 0 Å². The van der Waals surface area contributed by atoms with Crippen LogP contribution in [-0.4, -0.2) is 29.9 Å². The third-order valence-corrected chi connectivity index (χ3v) is 4.70. The van der Waals surface area contributed by atoms with Gasteiger partial charge in [-0.15, -0.1) is 0 Å². The molecule has 0 bridgehead atoms. The van der Waals surface area contributed by atoms with E-state index in [1.165, 1.54) is 0 Å². The van der Waals surface area contributed by atoms with Crippen molar-refractivity contribution in [1.82, 2.24) is 15.6 Å². The Morgan fingerprint density at radius 2 is 1.35 bits per heavy atom. The lowest BCUT2D eigenvalue weighted by atomic mass is 10.1. The molecule has 0 unspecified atom stereocenters. The Hall–Kier alpha value is -4.19. The molecular formula is C25H21N3O3. The fourth-order valence-electron chi connectivity index (χ4n) is 3.14. The average Bonchev–Trinajstić information content (AvgIpc) is 3.33. The lowest BCUT2D eigenvalue weighted by molar-refractivity contribution is 0.0928. The number of nitrogens with zero attached hydrogens (tertiary/aromatic N) is 1. The van der Waals surface area contributed by atoms with E-state index in [1.807, 2.05) is 42.5 Å². The van der Waals surface area contributed by atoms with Gasteiger partial charge in [0.25, 0.3) is 11.8 Å². The van der Waals surface area contributed by atoms with E-state index in [0.717, 1.165) is 5.56 Å². The molecule has 6 heteroatoms. The molecule has 0 saturated carbocycles.